The minimum atomic E-state index is -4.64. The van der Waals surface area contributed by atoms with E-state index in [2.05, 4.69) is 5.10 Å². The smallest absolute Gasteiger partial charge is 0.435 e. The maximum atomic E-state index is 13.1. The van der Waals surface area contributed by atoms with Gasteiger partial charge >= 0.3 is 12.1 Å². The molecule has 0 spiro atoms. The maximum absolute atomic E-state index is 13.1. The van der Waals surface area contributed by atoms with Crippen LogP contribution in [0.25, 0.3) is 0 Å². The van der Waals surface area contributed by atoms with Crippen molar-refractivity contribution >= 4 is 29.2 Å². The molecule has 11 heteroatoms. The van der Waals surface area contributed by atoms with Gasteiger partial charge in [-0.2, -0.15) is 18.3 Å². The molecule has 2 rings (SSSR count). The minimum Gasteiger partial charge on any atom is -0.479 e. The summed E-state index contributed by atoms with van der Waals surface area (Å²) >= 11 is 12.0. The van der Waals surface area contributed by atoms with Crippen molar-refractivity contribution in [2.75, 3.05) is 0 Å². The molecule has 27 heavy (non-hydrogen) atoms. The van der Waals surface area contributed by atoms with Crippen molar-refractivity contribution in [2.24, 2.45) is 7.05 Å². The first-order chi connectivity index (χ1) is 12.5. The second-order valence-electron chi connectivity index (χ2n) is 5.52. The third-order valence-electron chi connectivity index (χ3n) is 3.55. The molecule has 0 aliphatic rings. The molecule has 0 aliphatic heterocycles. The fraction of sp³-hybridized carbons (Fsp3) is 0.375. The molecule has 1 heterocycles. The molecule has 148 valence electrons. The quantitative estimate of drug-likeness (QED) is 0.706. The van der Waals surface area contributed by atoms with Gasteiger partial charge in [0.05, 0.1) is 10.0 Å². The maximum Gasteiger partial charge on any atom is 0.435 e. The van der Waals surface area contributed by atoms with Gasteiger partial charge in [-0.05, 0) is 19.4 Å². The van der Waals surface area contributed by atoms with E-state index in [1.165, 1.54) is 33.0 Å². The van der Waals surface area contributed by atoms with Crippen LogP contribution in [0.2, 0.25) is 10.0 Å². The van der Waals surface area contributed by atoms with E-state index in [0.29, 0.717) is 0 Å². The molecule has 0 bridgehead atoms. The number of carboxylic acids is 1. The zero-order chi connectivity index (χ0) is 20.5. The van der Waals surface area contributed by atoms with Gasteiger partial charge in [-0.1, -0.05) is 30.1 Å². The number of rotatable bonds is 6. The molecule has 0 unspecified atom stereocenters. The van der Waals surface area contributed by atoms with E-state index in [-0.39, 0.29) is 39.4 Å². The van der Waals surface area contributed by atoms with Crippen molar-refractivity contribution in [3.63, 3.8) is 0 Å². The molecule has 0 radical (unpaired) electrons. The Bertz CT molecular complexity index is 868. The third kappa shape index (κ3) is 4.59. The molecule has 1 aromatic carbocycles. The van der Waals surface area contributed by atoms with E-state index >= 15 is 0 Å². The highest BCUT2D eigenvalue weighted by Gasteiger charge is 2.39. The standard InChI is InChI=1S/C16H15Cl2F3N2O4/c1-4-8-13(16(19,20)21)22-23(3)14(8)27-12-6-11(9(17)5-10(12)18)26-7(2)15(24)25/h5-7H,4H2,1-3H3,(H,24,25)/t7-/m0/s1. The second kappa shape index (κ2) is 7.85. The highest BCUT2D eigenvalue weighted by molar-refractivity contribution is 6.36. The number of aryl methyl sites for hydroxylation is 1. The summed E-state index contributed by atoms with van der Waals surface area (Å²) in [5.41, 5.74) is -1.19. The van der Waals surface area contributed by atoms with Gasteiger partial charge in [0.2, 0.25) is 5.88 Å². The minimum absolute atomic E-state index is 0.00661. The molecule has 0 amide bonds. The molecule has 0 aliphatic carbocycles. The number of hydrogen-bond acceptors (Lipinski definition) is 4. The number of hydrogen-bond donors (Lipinski definition) is 1. The molecule has 1 N–H and O–H groups in total. The van der Waals surface area contributed by atoms with Gasteiger partial charge in [0, 0.05) is 18.7 Å². The second-order valence-corrected chi connectivity index (χ2v) is 6.34. The largest absolute Gasteiger partial charge is 0.479 e. The third-order valence-corrected chi connectivity index (χ3v) is 4.15. The Morgan fingerprint density at radius 1 is 1.30 bits per heavy atom. The van der Waals surface area contributed by atoms with Crippen LogP contribution in [-0.2, 0) is 24.4 Å². The number of carboxylic acid groups (broad SMARTS) is 1. The average molecular weight is 427 g/mol. The Labute approximate surface area is 162 Å². The number of ether oxygens (including phenoxy) is 2. The molecule has 6 nitrogen and oxygen atoms in total. The molecular formula is C16H15Cl2F3N2O4. The Morgan fingerprint density at radius 3 is 2.41 bits per heavy atom. The van der Waals surface area contributed by atoms with Gasteiger partial charge in [-0.25, -0.2) is 9.48 Å². The summed E-state index contributed by atoms with van der Waals surface area (Å²) in [7, 11) is 1.30. The average Bonchev–Trinajstić information content (AvgIpc) is 2.87. The first-order valence-corrected chi connectivity index (χ1v) is 8.40. The van der Waals surface area contributed by atoms with Gasteiger partial charge in [-0.15, -0.1) is 0 Å². The van der Waals surface area contributed by atoms with Crippen LogP contribution in [0.3, 0.4) is 0 Å². The normalized spacial score (nSPS) is 12.7. The van der Waals surface area contributed by atoms with Crippen molar-refractivity contribution in [1.29, 1.82) is 0 Å². The molecule has 1 aromatic heterocycles. The van der Waals surface area contributed by atoms with Crippen LogP contribution in [0.4, 0.5) is 13.2 Å². The Balaban J connectivity index is 2.46. The zero-order valence-electron chi connectivity index (χ0n) is 14.4. The number of carbonyl (C=O) groups is 1. The van der Waals surface area contributed by atoms with Crippen molar-refractivity contribution < 1.29 is 32.5 Å². The summed E-state index contributed by atoms with van der Waals surface area (Å²) in [6.45, 7) is 2.82. The lowest BCUT2D eigenvalue weighted by molar-refractivity contribution is -0.144. The van der Waals surface area contributed by atoms with Crippen LogP contribution in [0.5, 0.6) is 17.4 Å². The highest BCUT2D eigenvalue weighted by atomic mass is 35.5. The Morgan fingerprint density at radius 2 is 1.89 bits per heavy atom. The molecular weight excluding hydrogens is 412 g/mol. The van der Waals surface area contributed by atoms with Gasteiger partial charge in [0.25, 0.3) is 0 Å². The summed E-state index contributed by atoms with van der Waals surface area (Å²) in [5, 5.41) is 12.4. The number of halogens is 5. The molecule has 0 saturated carbocycles. The lowest BCUT2D eigenvalue weighted by atomic mass is 10.2. The van der Waals surface area contributed by atoms with E-state index in [4.69, 9.17) is 37.8 Å². The Kier molecular flexibility index (Phi) is 6.16. The van der Waals surface area contributed by atoms with Gasteiger partial charge in [-0.3, -0.25) is 0 Å². The summed E-state index contributed by atoms with van der Waals surface area (Å²) < 4.78 is 51.1. The van der Waals surface area contributed by atoms with E-state index in [9.17, 15) is 18.0 Å². The molecule has 0 saturated heterocycles. The van der Waals surface area contributed by atoms with Crippen LogP contribution in [0.15, 0.2) is 12.1 Å². The van der Waals surface area contributed by atoms with E-state index in [1.54, 1.807) is 0 Å². The summed E-state index contributed by atoms with van der Waals surface area (Å²) in [6, 6.07) is 2.46. The van der Waals surface area contributed by atoms with Gasteiger partial charge in [0.15, 0.2) is 17.5 Å². The lowest BCUT2D eigenvalue weighted by Crippen LogP contribution is -2.23. The highest BCUT2D eigenvalue weighted by Crippen LogP contribution is 2.41. The van der Waals surface area contributed by atoms with Crippen LogP contribution < -0.4 is 9.47 Å². The van der Waals surface area contributed by atoms with E-state index < -0.39 is 23.9 Å². The zero-order valence-corrected chi connectivity index (χ0v) is 15.9. The predicted molar refractivity (Wildman–Crippen MR) is 91.8 cm³/mol. The number of nitrogens with zero attached hydrogens (tertiary/aromatic N) is 2. The first kappa shape index (κ1) is 21.2. The summed E-state index contributed by atoms with van der Waals surface area (Å²) in [4.78, 5) is 10.9. The number of benzene rings is 1. The number of aliphatic carboxylic acids is 1. The van der Waals surface area contributed by atoms with Gasteiger partial charge < -0.3 is 14.6 Å². The van der Waals surface area contributed by atoms with Crippen molar-refractivity contribution in [3.05, 3.63) is 33.4 Å². The van der Waals surface area contributed by atoms with Crippen molar-refractivity contribution in [1.82, 2.24) is 9.78 Å². The molecule has 1 atom stereocenters. The Hall–Kier alpha value is -2.13. The van der Waals surface area contributed by atoms with E-state index in [1.807, 2.05) is 0 Å². The first-order valence-electron chi connectivity index (χ1n) is 7.65. The fourth-order valence-corrected chi connectivity index (χ4v) is 2.72. The van der Waals surface area contributed by atoms with Crippen LogP contribution in [-0.4, -0.2) is 27.0 Å². The van der Waals surface area contributed by atoms with Gasteiger partial charge in [0.1, 0.15) is 5.75 Å². The van der Waals surface area contributed by atoms with Crippen LogP contribution in [0, 0.1) is 0 Å². The van der Waals surface area contributed by atoms with Crippen LogP contribution in [0.1, 0.15) is 25.1 Å². The van der Waals surface area contributed by atoms with Crippen molar-refractivity contribution in [2.45, 2.75) is 32.5 Å². The summed E-state index contributed by atoms with van der Waals surface area (Å²) in [5.74, 6) is -1.47. The van der Waals surface area contributed by atoms with Crippen LogP contribution >= 0.6 is 23.2 Å². The fourth-order valence-electron chi connectivity index (χ4n) is 2.25. The lowest BCUT2D eigenvalue weighted by Gasteiger charge is -2.15. The number of aromatic nitrogens is 2. The van der Waals surface area contributed by atoms with Crippen molar-refractivity contribution in [3.8, 4) is 17.4 Å². The SMILES string of the molecule is CCc1c(C(F)(F)F)nn(C)c1Oc1cc(O[C@@H](C)C(=O)O)c(Cl)cc1Cl. The molecule has 2 aromatic rings. The van der Waals surface area contributed by atoms with E-state index in [0.717, 1.165) is 4.68 Å². The monoisotopic (exact) mass is 426 g/mol. The predicted octanol–water partition coefficient (Wildman–Crippen LogP) is 4.95. The summed E-state index contributed by atoms with van der Waals surface area (Å²) in [6.07, 6.45) is -5.83. The number of alkyl halides is 3. The molecule has 0 fully saturated rings. The topological polar surface area (TPSA) is 73.6 Å².